The van der Waals surface area contributed by atoms with Gasteiger partial charge in [0.05, 0.1) is 4.92 Å². The largest absolute Gasteiger partial charge is 0.376 e. The molecule has 0 aromatic carbocycles. The van der Waals surface area contributed by atoms with Gasteiger partial charge in [0.15, 0.2) is 0 Å². The highest BCUT2D eigenvalue weighted by atomic mass is 16.6. The van der Waals surface area contributed by atoms with E-state index in [0.717, 1.165) is 19.3 Å². The molecular formula is C15H18N4O3. The van der Waals surface area contributed by atoms with Gasteiger partial charge in [-0.2, -0.15) is 0 Å². The second-order valence-electron chi connectivity index (χ2n) is 5.81. The van der Waals surface area contributed by atoms with Gasteiger partial charge in [-0.05, 0) is 30.9 Å². The normalized spacial score (nSPS) is 21.7. The molecule has 0 spiro atoms. The lowest BCUT2D eigenvalue weighted by molar-refractivity contribution is -0.385. The summed E-state index contributed by atoms with van der Waals surface area (Å²) < 4.78 is 1.20. The predicted octanol–water partition coefficient (Wildman–Crippen LogP) is 2.59. The van der Waals surface area contributed by atoms with Crippen LogP contribution in [0.15, 0.2) is 29.2 Å². The summed E-state index contributed by atoms with van der Waals surface area (Å²) in [5.74, 6) is 0.490. The first kappa shape index (κ1) is 14.5. The average molecular weight is 302 g/mol. The summed E-state index contributed by atoms with van der Waals surface area (Å²) in [6.07, 6.45) is 5.77. The summed E-state index contributed by atoms with van der Waals surface area (Å²) in [6.45, 7) is 2.12. The van der Waals surface area contributed by atoms with Crippen LogP contribution in [0.1, 0.15) is 32.6 Å². The molecule has 0 aliphatic heterocycles. The minimum Gasteiger partial charge on any atom is -0.361 e. The first-order valence-electron chi connectivity index (χ1n) is 7.50. The van der Waals surface area contributed by atoms with Gasteiger partial charge in [-0.1, -0.05) is 25.8 Å². The molecule has 1 fully saturated rings. The van der Waals surface area contributed by atoms with Crippen molar-refractivity contribution in [3.8, 4) is 0 Å². The first-order chi connectivity index (χ1) is 10.6. The van der Waals surface area contributed by atoms with E-state index in [1.807, 2.05) is 0 Å². The van der Waals surface area contributed by atoms with Crippen LogP contribution in [0.4, 0.5) is 11.5 Å². The Labute approximate surface area is 127 Å². The Morgan fingerprint density at radius 1 is 1.36 bits per heavy atom. The number of nitro groups is 1. The van der Waals surface area contributed by atoms with Crippen molar-refractivity contribution in [2.24, 2.45) is 5.92 Å². The highest BCUT2D eigenvalue weighted by molar-refractivity contribution is 5.60. The van der Waals surface area contributed by atoms with Gasteiger partial charge in [0.25, 0.3) is 0 Å². The lowest BCUT2D eigenvalue weighted by Crippen LogP contribution is -2.32. The number of pyridine rings is 1. The van der Waals surface area contributed by atoms with Crippen molar-refractivity contribution in [3.05, 3.63) is 44.9 Å². The molecule has 0 amide bonds. The minimum atomic E-state index is -0.651. The van der Waals surface area contributed by atoms with E-state index in [4.69, 9.17) is 0 Å². The molecule has 1 saturated carbocycles. The van der Waals surface area contributed by atoms with Crippen molar-refractivity contribution in [3.63, 3.8) is 0 Å². The fourth-order valence-corrected chi connectivity index (χ4v) is 3.05. The van der Waals surface area contributed by atoms with Crippen LogP contribution in [-0.2, 0) is 0 Å². The molecule has 116 valence electrons. The molecule has 2 aromatic rings. The molecule has 7 nitrogen and oxygen atoms in total. The van der Waals surface area contributed by atoms with E-state index < -0.39 is 16.2 Å². The topological polar surface area (TPSA) is 89.5 Å². The molecule has 3 rings (SSSR count). The zero-order valence-corrected chi connectivity index (χ0v) is 12.4. The lowest BCUT2D eigenvalue weighted by Gasteiger charge is -2.29. The van der Waals surface area contributed by atoms with Gasteiger partial charge in [-0.25, -0.2) is 4.98 Å². The Hall–Kier alpha value is -2.44. The quantitative estimate of drug-likeness (QED) is 0.695. The van der Waals surface area contributed by atoms with Crippen LogP contribution in [0.5, 0.6) is 0 Å². The molecule has 2 unspecified atom stereocenters. The molecule has 22 heavy (non-hydrogen) atoms. The van der Waals surface area contributed by atoms with Crippen LogP contribution in [0.25, 0.3) is 5.65 Å². The number of hydrogen-bond acceptors (Lipinski definition) is 5. The van der Waals surface area contributed by atoms with E-state index in [-0.39, 0.29) is 11.9 Å². The van der Waals surface area contributed by atoms with E-state index >= 15 is 0 Å². The van der Waals surface area contributed by atoms with Gasteiger partial charge in [-0.15, -0.1) is 0 Å². The van der Waals surface area contributed by atoms with Gasteiger partial charge in [0, 0.05) is 12.2 Å². The fraction of sp³-hybridized carbons (Fsp3) is 0.467. The van der Waals surface area contributed by atoms with Gasteiger partial charge in [-0.3, -0.25) is 19.3 Å². The zero-order chi connectivity index (χ0) is 15.7. The molecule has 1 aliphatic carbocycles. The highest BCUT2D eigenvalue weighted by Crippen LogP contribution is 2.28. The Morgan fingerprint density at radius 2 is 2.14 bits per heavy atom. The molecule has 2 atom stereocenters. The lowest BCUT2D eigenvalue weighted by atomic mass is 9.86. The van der Waals surface area contributed by atoms with Gasteiger partial charge >= 0.3 is 11.2 Å². The van der Waals surface area contributed by atoms with Gasteiger partial charge in [0.2, 0.25) is 5.82 Å². The number of aromatic nitrogens is 2. The third-order valence-electron chi connectivity index (χ3n) is 4.33. The molecule has 2 aromatic heterocycles. The third kappa shape index (κ3) is 2.54. The number of nitrogens with one attached hydrogen (secondary N) is 1. The van der Waals surface area contributed by atoms with E-state index in [1.165, 1.54) is 17.0 Å². The van der Waals surface area contributed by atoms with Crippen LogP contribution in [0.2, 0.25) is 0 Å². The molecule has 0 radical (unpaired) electrons. The Kier molecular flexibility index (Phi) is 3.79. The van der Waals surface area contributed by atoms with Crippen molar-refractivity contribution < 1.29 is 4.92 Å². The summed E-state index contributed by atoms with van der Waals surface area (Å²) in [4.78, 5) is 27.3. The van der Waals surface area contributed by atoms with E-state index in [0.29, 0.717) is 11.6 Å². The van der Waals surface area contributed by atoms with Gasteiger partial charge in [0.1, 0.15) is 5.65 Å². The molecular weight excluding hydrogens is 284 g/mol. The molecule has 0 bridgehead atoms. The molecule has 2 heterocycles. The summed E-state index contributed by atoms with van der Waals surface area (Å²) in [6, 6.07) is 5.18. The second-order valence-corrected chi connectivity index (χ2v) is 5.81. The summed E-state index contributed by atoms with van der Waals surface area (Å²) >= 11 is 0. The van der Waals surface area contributed by atoms with Crippen LogP contribution in [-0.4, -0.2) is 20.3 Å². The molecule has 0 saturated heterocycles. The Morgan fingerprint density at radius 3 is 2.86 bits per heavy atom. The van der Waals surface area contributed by atoms with Crippen molar-refractivity contribution in [1.82, 2.24) is 9.38 Å². The molecule has 7 heteroatoms. The van der Waals surface area contributed by atoms with Gasteiger partial charge < -0.3 is 5.32 Å². The summed E-state index contributed by atoms with van der Waals surface area (Å²) in [5, 5.41) is 14.5. The number of rotatable bonds is 3. The highest BCUT2D eigenvalue weighted by Gasteiger charge is 2.28. The van der Waals surface area contributed by atoms with Crippen LogP contribution >= 0.6 is 0 Å². The summed E-state index contributed by atoms with van der Waals surface area (Å²) in [5.41, 5.74) is -0.730. The van der Waals surface area contributed by atoms with Crippen molar-refractivity contribution >= 4 is 17.2 Å². The average Bonchev–Trinajstić information content (AvgIpc) is 2.49. The third-order valence-corrected chi connectivity index (χ3v) is 4.33. The van der Waals surface area contributed by atoms with Crippen molar-refractivity contribution in [1.29, 1.82) is 0 Å². The number of anilines is 1. The maximum atomic E-state index is 12.4. The number of hydrogen-bond donors (Lipinski definition) is 1. The van der Waals surface area contributed by atoms with Crippen molar-refractivity contribution in [2.45, 2.75) is 38.6 Å². The second kappa shape index (κ2) is 5.75. The minimum absolute atomic E-state index is 0.0833. The molecule has 1 N–H and O–H groups in total. The fourth-order valence-electron chi connectivity index (χ4n) is 3.05. The zero-order valence-electron chi connectivity index (χ0n) is 12.4. The number of fused-ring (bicyclic) bond motifs is 1. The first-order valence-corrected chi connectivity index (χ1v) is 7.50. The van der Waals surface area contributed by atoms with Crippen molar-refractivity contribution in [2.75, 3.05) is 5.32 Å². The molecule has 1 aliphatic rings. The maximum Gasteiger partial charge on any atom is 0.376 e. The maximum absolute atomic E-state index is 12.4. The van der Waals surface area contributed by atoms with E-state index in [1.54, 1.807) is 18.2 Å². The van der Waals surface area contributed by atoms with Crippen LogP contribution < -0.4 is 10.9 Å². The number of nitrogens with zero attached hydrogens (tertiary/aromatic N) is 3. The SMILES string of the molecule is CC1CCCCC1Nc1nc2ccccn2c(=O)c1[N+](=O)[O-]. The van der Waals surface area contributed by atoms with E-state index in [9.17, 15) is 14.9 Å². The standard InChI is InChI=1S/C15H18N4O3/c1-10-6-2-3-7-11(10)16-14-13(19(21)22)15(20)18-9-5-4-8-12(18)17-14/h4-5,8-11,16H,2-3,6-7H2,1H3. The Bertz CT molecular complexity index is 771. The summed E-state index contributed by atoms with van der Waals surface area (Å²) in [7, 11) is 0. The monoisotopic (exact) mass is 302 g/mol. The smallest absolute Gasteiger partial charge is 0.361 e. The predicted molar refractivity (Wildman–Crippen MR) is 83.2 cm³/mol. The van der Waals surface area contributed by atoms with Crippen LogP contribution in [0, 0.1) is 16.0 Å². The van der Waals surface area contributed by atoms with Crippen LogP contribution in [0.3, 0.4) is 0 Å². The van der Waals surface area contributed by atoms with E-state index in [2.05, 4.69) is 17.2 Å². The Balaban J connectivity index is 2.09.